The molecule has 0 bridgehead atoms. The highest BCUT2D eigenvalue weighted by molar-refractivity contribution is 5.48. The van der Waals surface area contributed by atoms with Crippen LogP contribution in [0.1, 0.15) is 31.9 Å². The summed E-state index contributed by atoms with van der Waals surface area (Å²) in [4.78, 5) is 2.26. The van der Waals surface area contributed by atoms with Crippen LogP contribution in [0.3, 0.4) is 0 Å². The van der Waals surface area contributed by atoms with Crippen molar-refractivity contribution in [1.29, 1.82) is 0 Å². The number of nitrogens with zero attached hydrogens (tertiary/aromatic N) is 1. The summed E-state index contributed by atoms with van der Waals surface area (Å²) in [5, 5.41) is 9.25. The van der Waals surface area contributed by atoms with E-state index in [0.717, 1.165) is 19.5 Å². The number of hydrogen-bond donors (Lipinski definition) is 2. The summed E-state index contributed by atoms with van der Waals surface area (Å²) in [7, 11) is 0. The van der Waals surface area contributed by atoms with Crippen LogP contribution in [0.4, 0.5) is 5.69 Å². The van der Waals surface area contributed by atoms with Gasteiger partial charge in [0.25, 0.3) is 0 Å². The number of aliphatic hydroxyl groups excluding tert-OH is 1. The van der Waals surface area contributed by atoms with Crippen LogP contribution in [-0.2, 0) is 4.74 Å². The predicted molar refractivity (Wildman–Crippen MR) is 77.3 cm³/mol. The van der Waals surface area contributed by atoms with E-state index in [2.05, 4.69) is 36.1 Å². The number of nitrogens with two attached hydrogens (primary N) is 1. The van der Waals surface area contributed by atoms with Crippen molar-refractivity contribution in [2.24, 2.45) is 5.73 Å². The molecule has 1 aromatic rings. The fourth-order valence-electron chi connectivity index (χ4n) is 2.52. The Balaban J connectivity index is 2.08. The molecular formula is C15H24N2O2. The molecule has 1 heterocycles. The van der Waals surface area contributed by atoms with Crippen LogP contribution in [0.15, 0.2) is 24.3 Å². The summed E-state index contributed by atoms with van der Waals surface area (Å²) < 4.78 is 5.65. The van der Waals surface area contributed by atoms with Crippen LogP contribution in [0.25, 0.3) is 0 Å². The summed E-state index contributed by atoms with van der Waals surface area (Å²) in [6.07, 6.45) is 0.991. The lowest BCUT2D eigenvalue weighted by Gasteiger charge is -2.37. The van der Waals surface area contributed by atoms with E-state index in [1.807, 2.05) is 6.92 Å². The Hall–Kier alpha value is -1.10. The van der Waals surface area contributed by atoms with Crippen molar-refractivity contribution >= 4 is 5.69 Å². The Labute approximate surface area is 115 Å². The van der Waals surface area contributed by atoms with E-state index in [4.69, 9.17) is 10.5 Å². The van der Waals surface area contributed by atoms with E-state index in [0.29, 0.717) is 0 Å². The second-order valence-electron chi connectivity index (χ2n) is 5.26. The van der Waals surface area contributed by atoms with E-state index < -0.39 is 0 Å². The monoisotopic (exact) mass is 264 g/mol. The maximum absolute atomic E-state index is 9.25. The molecule has 3 atom stereocenters. The van der Waals surface area contributed by atoms with Crippen molar-refractivity contribution < 1.29 is 9.84 Å². The van der Waals surface area contributed by atoms with Gasteiger partial charge in [0.15, 0.2) is 0 Å². The van der Waals surface area contributed by atoms with Crippen LogP contribution >= 0.6 is 0 Å². The van der Waals surface area contributed by atoms with Crippen LogP contribution in [-0.4, -0.2) is 37.0 Å². The maximum Gasteiger partial charge on any atom is 0.0984 e. The maximum atomic E-state index is 9.25. The fraction of sp³-hybridized carbons (Fsp3) is 0.600. The number of rotatable bonds is 4. The third kappa shape index (κ3) is 3.47. The van der Waals surface area contributed by atoms with Gasteiger partial charge < -0.3 is 20.5 Å². The molecule has 106 valence electrons. The van der Waals surface area contributed by atoms with Crippen molar-refractivity contribution in [2.45, 2.75) is 38.5 Å². The van der Waals surface area contributed by atoms with Crippen LogP contribution in [0.5, 0.6) is 0 Å². The zero-order valence-electron chi connectivity index (χ0n) is 11.7. The third-order valence-corrected chi connectivity index (χ3v) is 3.66. The Kier molecular flexibility index (Phi) is 4.80. The molecule has 2 rings (SSSR count). The van der Waals surface area contributed by atoms with Crippen molar-refractivity contribution in [3.8, 4) is 0 Å². The first-order valence-electron chi connectivity index (χ1n) is 7.00. The lowest BCUT2D eigenvalue weighted by Crippen LogP contribution is -2.48. The number of hydrogen-bond acceptors (Lipinski definition) is 4. The highest BCUT2D eigenvalue weighted by Crippen LogP contribution is 2.23. The lowest BCUT2D eigenvalue weighted by molar-refractivity contribution is -0.0421. The van der Waals surface area contributed by atoms with Crippen LogP contribution in [0, 0.1) is 0 Å². The fourth-order valence-corrected chi connectivity index (χ4v) is 2.52. The van der Waals surface area contributed by atoms with Gasteiger partial charge in [-0.25, -0.2) is 0 Å². The molecule has 3 unspecified atom stereocenters. The van der Waals surface area contributed by atoms with Gasteiger partial charge in [-0.3, -0.25) is 0 Å². The normalized spacial score (nSPS) is 25.4. The smallest absolute Gasteiger partial charge is 0.0984 e. The minimum absolute atomic E-state index is 0.0691. The molecule has 0 amide bonds. The highest BCUT2D eigenvalue weighted by Gasteiger charge is 2.24. The second-order valence-corrected chi connectivity index (χ2v) is 5.26. The molecule has 0 radical (unpaired) electrons. The van der Waals surface area contributed by atoms with E-state index in [1.54, 1.807) is 0 Å². The number of morpholine rings is 1. The van der Waals surface area contributed by atoms with Crippen molar-refractivity contribution in [2.75, 3.05) is 24.6 Å². The Morgan fingerprint density at radius 1 is 1.37 bits per heavy atom. The third-order valence-electron chi connectivity index (χ3n) is 3.66. The SMILES string of the molecule is CCC(N)c1ccc(N2CC(C)OC(CO)C2)cc1. The van der Waals surface area contributed by atoms with Gasteiger partial charge >= 0.3 is 0 Å². The minimum atomic E-state index is -0.0960. The molecule has 4 nitrogen and oxygen atoms in total. The molecule has 1 fully saturated rings. The van der Waals surface area contributed by atoms with Gasteiger partial charge in [0, 0.05) is 24.8 Å². The molecule has 4 heteroatoms. The molecule has 0 aliphatic carbocycles. The first-order chi connectivity index (χ1) is 9.13. The molecule has 1 aromatic carbocycles. The minimum Gasteiger partial charge on any atom is -0.394 e. The van der Waals surface area contributed by atoms with E-state index in [9.17, 15) is 5.11 Å². The standard InChI is InChI=1S/C15H24N2O2/c1-3-15(16)12-4-6-13(7-5-12)17-8-11(2)19-14(9-17)10-18/h4-7,11,14-15,18H,3,8-10,16H2,1-2H3. The number of aliphatic hydroxyl groups is 1. The average molecular weight is 264 g/mol. The molecule has 1 aliphatic heterocycles. The summed E-state index contributed by atoms with van der Waals surface area (Å²) in [6.45, 7) is 5.79. The molecule has 19 heavy (non-hydrogen) atoms. The lowest BCUT2D eigenvalue weighted by atomic mass is 10.0. The summed E-state index contributed by atoms with van der Waals surface area (Å²) in [5.74, 6) is 0. The zero-order chi connectivity index (χ0) is 13.8. The predicted octanol–water partition coefficient (Wildman–Crippen LogP) is 1.68. The quantitative estimate of drug-likeness (QED) is 0.868. The summed E-state index contributed by atoms with van der Waals surface area (Å²) >= 11 is 0. The molecule has 0 spiro atoms. The van der Waals surface area contributed by atoms with E-state index >= 15 is 0 Å². The van der Waals surface area contributed by atoms with Crippen molar-refractivity contribution in [3.63, 3.8) is 0 Å². The number of anilines is 1. The Bertz CT molecular complexity index is 394. The van der Waals surface area contributed by atoms with Gasteiger partial charge in [-0.2, -0.15) is 0 Å². The van der Waals surface area contributed by atoms with Crippen molar-refractivity contribution in [3.05, 3.63) is 29.8 Å². The average Bonchev–Trinajstić information content (AvgIpc) is 2.46. The van der Waals surface area contributed by atoms with Gasteiger partial charge in [0.05, 0.1) is 18.8 Å². The molecule has 3 N–H and O–H groups in total. The van der Waals surface area contributed by atoms with E-state index in [1.165, 1.54) is 11.3 Å². The summed E-state index contributed by atoms with van der Waals surface area (Å²) in [5.41, 5.74) is 8.36. The second kappa shape index (κ2) is 6.37. The zero-order valence-corrected chi connectivity index (χ0v) is 11.7. The van der Waals surface area contributed by atoms with Crippen LogP contribution in [0.2, 0.25) is 0 Å². The van der Waals surface area contributed by atoms with Gasteiger partial charge in [0.2, 0.25) is 0 Å². The number of ether oxygens (including phenoxy) is 1. The Morgan fingerprint density at radius 2 is 2.05 bits per heavy atom. The first kappa shape index (κ1) is 14.3. The first-order valence-corrected chi connectivity index (χ1v) is 7.00. The molecule has 0 aromatic heterocycles. The highest BCUT2D eigenvalue weighted by atomic mass is 16.5. The van der Waals surface area contributed by atoms with Gasteiger partial charge in [-0.05, 0) is 31.0 Å². The summed E-state index contributed by atoms with van der Waals surface area (Å²) in [6, 6.07) is 8.52. The van der Waals surface area contributed by atoms with Gasteiger partial charge in [0.1, 0.15) is 0 Å². The number of benzene rings is 1. The van der Waals surface area contributed by atoms with Crippen molar-refractivity contribution in [1.82, 2.24) is 0 Å². The van der Waals surface area contributed by atoms with Gasteiger partial charge in [-0.15, -0.1) is 0 Å². The topological polar surface area (TPSA) is 58.7 Å². The molecular weight excluding hydrogens is 240 g/mol. The van der Waals surface area contributed by atoms with E-state index in [-0.39, 0.29) is 24.9 Å². The van der Waals surface area contributed by atoms with Gasteiger partial charge in [-0.1, -0.05) is 19.1 Å². The molecule has 0 saturated carbocycles. The largest absolute Gasteiger partial charge is 0.394 e. The van der Waals surface area contributed by atoms with Crippen LogP contribution < -0.4 is 10.6 Å². The molecule has 1 aliphatic rings. The Morgan fingerprint density at radius 3 is 2.63 bits per heavy atom. The molecule has 1 saturated heterocycles.